The van der Waals surface area contributed by atoms with Gasteiger partial charge in [-0.1, -0.05) is 79.2 Å². The maximum Gasteiger partial charge on any atom is 1.00 e. The number of benzene rings is 5. The summed E-state index contributed by atoms with van der Waals surface area (Å²) in [5, 5.41) is 44.9. The summed E-state index contributed by atoms with van der Waals surface area (Å²) in [6, 6.07) is 23.2. The van der Waals surface area contributed by atoms with Crippen molar-refractivity contribution in [3.63, 3.8) is 0 Å². The van der Waals surface area contributed by atoms with Gasteiger partial charge in [0.15, 0.2) is 0 Å². The molecule has 5 aliphatic heterocycles. The van der Waals surface area contributed by atoms with Crippen LogP contribution in [0.4, 0.5) is 35.3 Å². The van der Waals surface area contributed by atoms with E-state index < -0.39 is 141 Å². The van der Waals surface area contributed by atoms with Gasteiger partial charge in [0.25, 0.3) is 0 Å². The van der Waals surface area contributed by atoms with Gasteiger partial charge in [-0.15, -0.1) is 11.6 Å². The molecule has 0 saturated carbocycles. The van der Waals surface area contributed by atoms with Crippen molar-refractivity contribution in [2.75, 3.05) is 36.8 Å². The molecule has 0 bridgehead atoms. The number of amides is 20. The number of sulfonamides is 1. The van der Waals surface area contributed by atoms with Crippen LogP contribution in [0, 0.1) is 29.6 Å². The van der Waals surface area contributed by atoms with E-state index in [0.29, 0.717) is 38.7 Å². The van der Waals surface area contributed by atoms with Crippen LogP contribution in [-0.2, 0) is 90.1 Å². The molecule has 5 aliphatic rings. The molecule has 0 spiro atoms. The predicted octanol–water partition coefficient (Wildman–Crippen LogP) is -2.69. The van der Waals surface area contributed by atoms with E-state index in [1.165, 1.54) is 72.8 Å². The number of rotatable bonds is 16. The number of imide groups is 10. The van der Waals surface area contributed by atoms with Crippen molar-refractivity contribution in [3.8, 4) is 5.75 Å². The Hall–Kier alpha value is -10.7. The summed E-state index contributed by atoms with van der Waals surface area (Å²) >= 11 is 16.3. The monoisotopic (exact) mass is 1500 g/mol. The molecule has 5 saturated heterocycles. The van der Waals surface area contributed by atoms with Crippen LogP contribution in [0.5, 0.6) is 5.75 Å². The van der Waals surface area contributed by atoms with E-state index >= 15 is 0 Å². The first-order valence-corrected chi connectivity index (χ1v) is 32.0. The predicted molar refractivity (Wildman–Crippen MR) is 351 cm³/mol. The summed E-state index contributed by atoms with van der Waals surface area (Å²) in [6.45, 7) is 1.89. The van der Waals surface area contributed by atoms with Crippen molar-refractivity contribution in [1.82, 2.24) is 53.2 Å². The molecule has 534 valence electrons. The molecular formula is C62H61Cl3N13NaO22S. The van der Waals surface area contributed by atoms with Crippen LogP contribution in [0.15, 0.2) is 114 Å². The normalized spacial score (nSPS) is 15.5. The average Bonchev–Trinajstić information content (AvgIpc) is 0.833. The fraction of sp³-hybridized carbons (Fsp3) is 0.242. The number of hydrogen-bond donors (Lipinski definition) is 13. The number of primary sulfonamides is 1. The first-order chi connectivity index (χ1) is 47.5. The van der Waals surface area contributed by atoms with Crippen molar-refractivity contribution < 1.29 is 134 Å². The van der Waals surface area contributed by atoms with Gasteiger partial charge >= 0.3 is 65.7 Å². The Kier molecular flexibility index (Phi) is 31.8. The second-order valence-corrected chi connectivity index (χ2v) is 24.3. The van der Waals surface area contributed by atoms with Gasteiger partial charge in [-0.25, -0.2) is 42.3 Å². The number of hydrogen-bond acceptors (Lipinski definition) is 23. The van der Waals surface area contributed by atoms with Gasteiger partial charge in [0.1, 0.15) is 35.3 Å². The number of anilines is 2. The molecule has 5 heterocycles. The summed E-state index contributed by atoms with van der Waals surface area (Å²) in [5.74, 6) is -12.2. The molecule has 5 aromatic rings. The fourth-order valence-corrected chi connectivity index (χ4v) is 10.1. The Morgan fingerprint density at radius 2 is 0.755 bits per heavy atom. The minimum atomic E-state index is -3.78. The Morgan fingerprint density at radius 3 is 1.02 bits per heavy atom. The summed E-state index contributed by atoms with van der Waals surface area (Å²) in [6.07, 6.45) is 0.600. The first-order valence-electron chi connectivity index (χ1n) is 29.1. The van der Waals surface area contributed by atoms with Gasteiger partial charge in [-0.2, -0.15) is 0 Å². The summed E-state index contributed by atoms with van der Waals surface area (Å²) in [4.78, 5) is 196. The van der Waals surface area contributed by atoms with E-state index in [-0.39, 0.29) is 77.7 Å². The van der Waals surface area contributed by atoms with E-state index in [1.54, 1.807) is 37.4 Å². The number of carboxylic acids is 2. The fourth-order valence-electron chi connectivity index (χ4n) is 9.21. The zero-order valence-corrected chi connectivity index (χ0v) is 59.2. The van der Waals surface area contributed by atoms with Crippen molar-refractivity contribution in [3.05, 3.63) is 153 Å². The van der Waals surface area contributed by atoms with E-state index in [4.69, 9.17) is 50.0 Å². The number of methoxy groups -OCH3 is 1. The molecule has 20 amide bonds. The maximum atomic E-state index is 11.7. The smallest absolute Gasteiger partial charge is 0.545 e. The van der Waals surface area contributed by atoms with E-state index in [2.05, 4.69) is 15.5 Å². The van der Waals surface area contributed by atoms with Gasteiger partial charge in [0.05, 0.1) is 39.9 Å². The number of urea groups is 5. The van der Waals surface area contributed by atoms with Crippen molar-refractivity contribution in [2.45, 2.75) is 43.9 Å². The van der Waals surface area contributed by atoms with E-state index in [0.717, 1.165) is 17.1 Å². The van der Waals surface area contributed by atoms with Crippen LogP contribution in [0.1, 0.15) is 55.5 Å². The summed E-state index contributed by atoms with van der Waals surface area (Å²) in [7, 11) is 1.54. The number of barbiturate groups is 5. The molecule has 5 aromatic carbocycles. The molecule has 14 N–H and O–H groups in total. The number of nitrogens with one attached hydrogen (secondary N) is 11. The molecule has 35 nitrogen and oxygen atoms in total. The second-order valence-electron chi connectivity index (χ2n) is 21.6. The van der Waals surface area contributed by atoms with E-state index in [1.807, 2.05) is 74.5 Å². The molecule has 10 rings (SSSR count). The Morgan fingerprint density at radius 1 is 0.490 bits per heavy atom. The Labute approximate surface area is 615 Å². The van der Waals surface area contributed by atoms with Crippen molar-refractivity contribution in [1.29, 1.82) is 0 Å². The number of aromatic carboxylic acids is 2. The Bertz CT molecular complexity index is 4040. The SMILES string of the molecule is CCCl.COc1ccc(CC2C(=O)NC(=O)NC2=O)cc1N(C)C.NS(=O)(=O)c1ccc(CC2C(=O)NC(=O)NC2=O)cc1.O=C1NC(=O)C(Cc2ccc(C(=O)O)cc2)C(=O)N1.O=C1NC(=O)C(Cc2ccc(C(=O)[O-])cc2)C(=O)N1.O=C1NC(=O)C(Cc2ccc(Cl)c(NCl)c2)C(=O)N1.[Na+]. The molecule has 0 aromatic heterocycles. The minimum absolute atomic E-state index is 0. The number of carbonyl (C=O) groups excluding carboxylic acids is 16. The molecular weight excluding hydrogens is 1440 g/mol. The molecule has 5 fully saturated rings. The zero-order valence-electron chi connectivity index (χ0n) is 54.1. The number of carbonyl (C=O) groups is 17. The van der Waals surface area contributed by atoms with Crippen LogP contribution >= 0.6 is 35.0 Å². The Balaban J connectivity index is 0.000000267. The number of ether oxygens (including phenoxy) is 1. The topological polar surface area (TPSA) is 538 Å². The third-order valence-corrected chi connectivity index (χ3v) is 15.7. The number of halogens is 3. The first kappa shape index (κ1) is 83.7. The zero-order chi connectivity index (χ0) is 75.2. The molecule has 0 unspecified atom stereocenters. The van der Waals surface area contributed by atoms with Crippen LogP contribution in [0.3, 0.4) is 0 Å². The van der Waals surface area contributed by atoms with Crippen LogP contribution in [-0.4, -0.2) is 142 Å². The number of carboxylic acid groups (broad SMARTS) is 2. The summed E-state index contributed by atoms with van der Waals surface area (Å²) < 4.78 is 27.4. The third kappa shape index (κ3) is 24.9. The number of alkyl halides is 1. The van der Waals surface area contributed by atoms with Crippen LogP contribution in [0.25, 0.3) is 0 Å². The van der Waals surface area contributed by atoms with Gasteiger partial charge in [0, 0.05) is 31.8 Å². The van der Waals surface area contributed by atoms with Crippen molar-refractivity contribution in [2.24, 2.45) is 34.7 Å². The van der Waals surface area contributed by atoms with Gasteiger partial charge < -0.3 is 24.6 Å². The largest absolute Gasteiger partial charge is 1.00 e. The molecule has 0 radical (unpaired) electrons. The van der Waals surface area contributed by atoms with Gasteiger partial charge in [-0.3, -0.25) is 106 Å². The van der Waals surface area contributed by atoms with Crippen molar-refractivity contribution >= 4 is 158 Å². The molecule has 0 atom stereocenters. The second kappa shape index (κ2) is 38.7. The van der Waals surface area contributed by atoms with Gasteiger partial charge in [0.2, 0.25) is 69.1 Å². The molecule has 0 aliphatic carbocycles. The van der Waals surface area contributed by atoms with Crippen LogP contribution in [0.2, 0.25) is 5.02 Å². The molecule has 40 heteroatoms. The van der Waals surface area contributed by atoms with Gasteiger partial charge in [-0.05, 0) is 114 Å². The quantitative estimate of drug-likeness (QED) is 0.0207. The minimum Gasteiger partial charge on any atom is -0.545 e. The van der Waals surface area contributed by atoms with Crippen LogP contribution < -0.4 is 107 Å². The molecule has 102 heavy (non-hydrogen) atoms. The third-order valence-electron chi connectivity index (χ3n) is 14.2. The van der Waals surface area contributed by atoms with E-state index in [9.17, 15) is 95.0 Å². The maximum absolute atomic E-state index is 11.7. The summed E-state index contributed by atoms with van der Waals surface area (Å²) in [5.41, 5.74) is 4.77. The standard InChI is InChI=1S/C14H17N3O4.2C12H10N2O5.C11H9Cl2N3O3.C11H11N3O5S.C2H5Cl.Na/c1-17(2)10-7-8(4-5-11(10)21-3)6-9-12(18)15-14(20)16-13(9)19;2*15-9-8(10(16)14-12(19)13-9)5-6-1-3-7(4-2-6)11(17)18;12-7-2-1-5(4-8(7)16-13)3-6-9(17)14-11(19)15-10(6)18;12-20(18,19)7-3-1-6(2-4-7)5-8-9(15)13-11(17)14-10(8)16;1-2-3;/h4-5,7,9H,6H2,1-3H3,(H2,15,16,18,19,20);2*1-4,8H,5H2,(H,17,18)(H2,13,14,15,16,19);1-2,4,6,16H,3H2,(H2,14,15,17,18,19);1-4,8H,5H2,(H2,12,18,19)(H2,13,14,15,16,17);2H2,1H3;/q;;;;;;+1/p-1. The number of nitrogens with zero attached hydrogens (tertiary/aromatic N) is 1. The average molecular weight is 1500 g/mol. The number of nitrogens with two attached hydrogens (primary N) is 1.